The van der Waals surface area contributed by atoms with Gasteiger partial charge in [-0.25, -0.2) is 14.2 Å². The largest absolute Gasteiger partial charge is 0.497 e. The lowest BCUT2D eigenvalue weighted by Gasteiger charge is -2.39. The summed E-state index contributed by atoms with van der Waals surface area (Å²) in [4.78, 5) is 96.9. The molecule has 0 saturated carbocycles. The van der Waals surface area contributed by atoms with Gasteiger partial charge in [0.05, 0.1) is 54.4 Å². The molecule has 0 bridgehead atoms. The van der Waals surface area contributed by atoms with Gasteiger partial charge in [-0.3, -0.25) is 47.3 Å². The van der Waals surface area contributed by atoms with Gasteiger partial charge in [0.2, 0.25) is 0 Å². The number of aromatic amines is 2. The Kier molecular flexibility index (Phi) is 20.1. The average Bonchev–Trinajstić information content (AvgIpc) is 1.59. The summed E-state index contributed by atoms with van der Waals surface area (Å²) < 4.78 is 79.6. The number of phosphoric ester groups is 1. The van der Waals surface area contributed by atoms with E-state index >= 15 is 4.57 Å². The van der Waals surface area contributed by atoms with Crippen LogP contribution in [0.15, 0.2) is 195 Å². The number of ether oxygens (including phenoxy) is 8. The number of aryl methyl sites for hydroxylation is 1. The smallest absolute Gasteiger partial charge is 0.472 e. The standard InChI is InChI=1S/C65H67N6O19P/c1-40-37-71(63(78)69-58(40)74)55-36-51(89-65(42-14-10-7-11-15-42,45-20-28-49(83-4)29-21-45)46-22-30-50(84-5)31-23-46)52(87-55)39-86-91(79,80)90-57-53(88-61(70-34-32-54(73)67-62(70)77)56(57)68-60(76)59(75)66-33-35-72)38-85-64(41-12-8-6-9-13-41,43-16-24-47(81-2)25-17-43)44-18-26-48(82-3)27-19-44/h6-32,34,37,51-53,55-57,61,72H,33,35-36,38-39H2,1-5H3,(H,66,75)(H,68,76)(H,79,80)(H,67,73,77)(H,69,74,78)/t51-,52+,53+,55+,56+,57+,61+/m0/s1. The number of amides is 2. The lowest BCUT2D eigenvalue weighted by Crippen LogP contribution is -2.53. The average molecular weight is 1270 g/mol. The maximum absolute atomic E-state index is 15.2. The van der Waals surface area contributed by atoms with Gasteiger partial charge >= 0.3 is 31.0 Å². The second-order valence-electron chi connectivity index (χ2n) is 21.2. The van der Waals surface area contributed by atoms with E-state index < -0.39 is 116 Å². The molecule has 2 aliphatic heterocycles. The van der Waals surface area contributed by atoms with Crippen molar-refractivity contribution in [1.82, 2.24) is 29.7 Å². The SMILES string of the molecule is COc1ccc(C(OC[C@H]2O[C@@H](n3ccc(=O)[nH]c3=O)[C@H](NC(=O)C(=O)NCCO)[C@@H]2OP(=O)(O)OC[C@H]2O[C@@H](n3cc(C)c(=O)[nH]c3=O)C[C@@H]2OC(c2ccccc2)(c2ccc(OC)cc2)c2ccc(OC)cc2)(c2ccccc2)c2ccc(OC)cc2)cc1. The number of nitrogens with one attached hydrogen (secondary N) is 4. The van der Waals surface area contributed by atoms with Gasteiger partial charge in [0.25, 0.3) is 11.1 Å². The van der Waals surface area contributed by atoms with Crippen LogP contribution in [0.1, 0.15) is 57.8 Å². The van der Waals surface area contributed by atoms with Crippen LogP contribution in [-0.4, -0.2) is 126 Å². The molecule has 6 N–H and O–H groups in total. The first-order chi connectivity index (χ1) is 43.9. The molecule has 91 heavy (non-hydrogen) atoms. The van der Waals surface area contributed by atoms with Crippen molar-refractivity contribution < 1.29 is 71.1 Å². The summed E-state index contributed by atoms with van der Waals surface area (Å²) in [6, 6.07) is 45.9. The molecule has 0 aliphatic carbocycles. The van der Waals surface area contributed by atoms with E-state index in [9.17, 15) is 38.8 Å². The van der Waals surface area contributed by atoms with Gasteiger partial charge in [0.1, 0.15) is 64.8 Å². The van der Waals surface area contributed by atoms with E-state index in [1.807, 2.05) is 72.8 Å². The number of methoxy groups -OCH3 is 4. The minimum absolute atomic E-state index is 0.125. The van der Waals surface area contributed by atoms with Crippen LogP contribution in [0.3, 0.4) is 0 Å². The summed E-state index contributed by atoms with van der Waals surface area (Å²) in [6.45, 7) is -0.790. The van der Waals surface area contributed by atoms with Gasteiger partial charge in [-0.15, -0.1) is 0 Å². The molecule has 25 nitrogen and oxygen atoms in total. The van der Waals surface area contributed by atoms with Crippen molar-refractivity contribution in [2.24, 2.45) is 0 Å². The molecule has 0 radical (unpaired) electrons. The normalized spacial score (nSPS) is 19.7. The molecule has 6 aromatic carbocycles. The second kappa shape index (κ2) is 28.3. The lowest BCUT2D eigenvalue weighted by atomic mass is 9.79. The molecule has 10 rings (SSSR count). The minimum atomic E-state index is -5.61. The Morgan fingerprint density at radius 1 is 0.615 bits per heavy atom. The molecule has 476 valence electrons. The van der Waals surface area contributed by atoms with E-state index in [2.05, 4.69) is 20.6 Å². The number of hydrogen-bond donors (Lipinski definition) is 6. The summed E-state index contributed by atoms with van der Waals surface area (Å²) in [5.41, 5.74) is -2.74. The number of aliphatic hydroxyl groups is 1. The number of H-pyrrole nitrogens is 2. The van der Waals surface area contributed by atoms with E-state index in [1.54, 1.807) is 84.9 Å². The van der Waals surface area contributed by atoms with Gasteiger partial charge in [0, 0.05) is 37.0 Å². The van der Waals surface area contributed by atoms with Crippen LogP contribution in [0.25, 0.3) is 0 Å². The number of hydrogen-bond acceptors (Lipinski definition) is 18. The number of rotatable bonds is 25. The third-order valence-corrected chi connectivity index (χ3v) is 16.8. The van der Waals surface area contributed by atoms with Crippen LogP contribution < -0.4 is 52.1 Å². The second-order valence-corrected chi connectivity index (χ2v) is 22.6. The number of aliphatic hydroxyl groups excluding tert-OH is 1. The molecule has 8 aromatic rings. The summed E-state index contributed by atoms with van der Waals surface area (Å²) >= 11 is 0. The molecule has 8 atom stereocenters. The molecular formula is C65H67N6O19P. The van der Waals surface area contributed by atoms with Crippen molar-refractivity contribution in [3.05, 3.63) is 257 Å². The van der Waals surface area contributed by atoms with E-state index in [1.165, 1.54) is 46.1 Å². The van der Waals surface area contributed by atoms with E-state index in [0.717, 1.165) is 16.8 Å². The van der Waals surface area contributed by atoms with Crippen molar-refractivity contribution in [2.75, 3.05) is 54.8 Å². The van der Waals surface area contributed by atoms with Crippen LogP contribution in [-0.2, 0) is 53.4 Å². The molecule has 1 unspecified atom stereocenters. The number of nitrogens with zero attached hydrogens (tertiary/aromatic N) is 2. The predicted molar refractivity (Wildman–Crippen MR) is 328 cm³/mol. The van der Waals surface area contributed by atoms with Crippen LogP contribution >= 0.6 is 7.82 Å². The number of carbonyl (C=O) groups excluding carboxylic acids is 2. The fraction of sp³-hybridized carbons (Fsp3) is 0.292. The fourth-order valence-corrected chi connectivity index (χ4v) is 12.3. The molecule has 26 heteroatoms. The quantitative estimate of drug-likeness (QED) is 0.0246. The highest BCUT2D eigenvalue weighted by molar-refractivity contribution is 7.47. The van der Waals surface area contributed by atoms with Crippen molar-refractivity contribution >= 4 is 19.6 Å². The van der Waals surface area contributed by atoms with Crippen LogP contribution in [0, 0.1) is 6.92 Å². The highest BCUT2D eigenvalue weighted by atomic mass is 31.2. The van der Waals surface area contributed by atoms with E-state index in [0.29, 0.717) is 56.4 Å². The molecule has 2 saturated heterocycles. The Morgan fingerprint density at radius 2 is 1.10 bits per heavy atom. The Bertz CT molecular complexity index is 4000. The molecule has 0 spiro atoms. The van der Waals surface area contributed by atoms with Crippen molar-refractivity contribution in [2.45, 2.75) is 67.5 Å². The van der Waals surface area contributed by atoms with Crippen molar-refractivity contribution in [3.63, 3.8) is 0 Å². The predicted octanol–water partition coefficient (Wildman–Crippen LogP) is 5.10. The minimum Gasteiger partial charge on any atom is -0.497 e. The zero-order chi connectivity index (χ0) is 64.5. The summed E-state index contributed by atoms with van der Waals surface area (Å²) in [6.07, 6.45) is -6.69. The van der Waals surface area contributed by atoms with Gasteiger partial charge in [-0.2, -0.15) is 0 Å². The van der Waals surface area contributed by atoms with E-state index in [-0.39, 0.29) is 18.5 Å². The van der Waals surface area contributed by atoms with Gasteiger partial charge in [-0.1, -0.05) is 109 Å². The zero-order valence-electron chi connectivity index (χ0n) is 50.0. The Morgan fingerprint density at radius 3 is 1.59 bits per heavy atom. The number of benzene rings is 6. The van der Waals surface area contributed by atoms with Crippen LogP contribution in [0.4, 0.5) is 0 Å². The van der Waals surface area contributed by atoms with E-state index in [4.69, 9.17) is 46.9 Å². The highest BCUT2D eigenvalue weighted by Gasteiger charge is 2.54. The third kappa shape index (κ3) is 13.9. The monoisotopic (exact) mass is 1270 g/mol. The fourth-order valence-electron chi connectivity index (χ4n) is 11.3. The number of aromatic nitrogens is 4. The summed E-state index contributed by atoms with van der Waals surface area (Å²) in [5, 5.41) is 14.3. The first-order valence-electron chi connectivity index (χ1n) is 28.7. The number of phosphoric acid groups is 1. The first-order valence-corrected chi connectivity index (χ1v) is 30.2. The summed E-state index contributed by atoms with van der Waals surface area (Å²) in [7, 11) is 0.489. The van der Waals surface area contributed by atoms with Crippen molar-refractivity contribution in [3.8, 4) is 23.0 Å². The van der Waals surface area contributed by atoms with Crippen LogP contribution in [0.2, 0.25) is 0 Å². The third-order valence-electron chi connectivity index (χ3n) is 15.8. The van der Waals surface area contributed by atoms with Gasteiger partial charge < -0.3 is 58.5 Å². The Hall–Kier alpha value is -9.27. The van der Waals surface area contributed by atoms with Crippen molar-refractivity contribution in [1.29, 1.82) is 0 Å². The maximum Gasteiger partial charge on any atom is 0.472 e. The van der Waals surface area contributed by atoms with Gasteiger partial charge in [0.15, 0.2) is 6.23 Å². The molecule has 4 heterocycles. The first kappa shape index (κ1) is 64.7. The molecule has 2 fully saturated rings. The Labute approximate surface area is 520 Å². The highest BCUT2D eigenvalue weighted by Crippen LogP contribution is 2.52. The molecule has 2 amide bonds. The zero-order valence-corrected chi connectivity index (χ0v) is 50.9. The maximum atomic E-state index is 15.2. The van der Waals surface area contributed by atoms with Crippen LogP contribution in [0.5, 0.6) is 23.0 Å². The lowest BCUT2D eigenvalue weighted by molar-refractivity contribution is -0.140. The van der Waals surface area contributed by atoms with Gasteiger partial charge in [-0.05, 0) is 88.8 Å². The molecule has 2 aromatic heterocycles. The molecule has 2 aliphatic rings. The molecular weight excluding hydrogens is 1200 g/mol. The topological polar surface area (TPSA) is 318 Å². The number of carbonyl (C=O) groups is 2. The Balaban J connectivity index is 1.07. The summed E-state index contributed by atoms with van der Waals surface area (Å²) in [5.74, 6) is -0.487.